The van der Waals surface area contributed by atoms with E-state index in [0.29, 0.717) is 19.6 Å². The van der Waals surface area contributed by atoms with Gasteiger partial charge in [-0.15, -0.1) is 0 Å². The van der Waals surface area contributed by atoms with E-state index in [4.69, 9.17) is 4.74 Å². The first-order valence-electron chi connectivity index (χ1n) is 7.61. The molecule has 0 bridgehead atoms. The number of nitrogens with one attached hydrogen (secondary N) is 1. The second kappa shape index (κ2) is 6.49. The van der Waals surface area contributed by atoms with E-state index < -0.39 is 15.6 Å². The minimum Gasteiger partial charge on any atom is -0.444 e. The van der Waals surface area contributed by atoms with Crippen LogP contribution in [-0.4, -0.2) is 44.6 Å². The second-order valence-electron chi connectivity index (χ2n) is 6.92. The summed E-state index contributed by atoms with van der Waals surface area (Å²) < 4.78 is 32.2. The van der Waals surface area contributed by atoms with E-state index in [2.05, 4.69) is 4.72 Å². The molecule has 1 saturated heterocycles. The summed E-state index contributed by atoms with van der Waals surface area (Å²) in [6, 6.07) is 6.71. The van der Waals surface area contributed by atoms with Crippen molar-refractivity contribution in [2.45, 2.75) is 38.2 Å². The molecule has 2 rings (SSSR count). The molecule has 0 radical (unpaired) electrons. The van der Waals surface area contributed by atoms with Crippen LogP contribution in [0.1, 0.15) is 26.3 Å². The summed E-state index contributed by atoms with van der Waals surface area (Å²) in [5.74, 6) is 0.114. The molecule has 1 heterocycles. The molecule has 6 nitrogen and oxygen atoms in total. The first-order chi connectivity index (χ1) is 10.6. The van der Waals surface area contributed by atoms with Crippen LogP contribution in [0.2, 0.25) is 0 Å². The fourth-order valence-corrected chi connectivity index (χ4v) is 3.32. The maximum absolute atomic E-state index is 12.2. The molecule has 1 fully saturated rings. The van der Waals surface area contributed by atoms with Crippen LogP contribution >= 0.6 is 0 Å². The van der Waals surface area contributed by atoms with Gasteiger partial charge in [0.1, 0.15) is 5.60 Å². The van der Waals surface area contributed by atoms with Crippen LogP contribution in [0.3, 0.4) is 0 Å². The summed E-state index contributed by atoms with van der Waals surface area (Å²) in [6.07, 6.45) is -0.352. The zero-order valence-corrected chi connectivity index (χ0v) is 14.8. The standard InChI is InChI=1S/C16H24N2O4S/c1-12-5-7-14(8-6-12)23(20,21)17-9-13-10-18(11-13)15(19)22-16(2,3)4/h5-8,13,17H,9-11H2,1-4H3. The van der Waals surface area contributed by atoms with Gasteiger partial charge in [-0.1, -0.05) is 17.7 Å². The minimum atomic E-state index is -3.50. The largest absolute Gasteiger partial charge is 0.444 e. The lowest BCUT2D eigenvalue weighted by Crippen LogP contribution is -2.54. The van der Waals surface area contributed by atoms with E-state index in [-0.39, 0.29) is 16.9 Å². The number of carbonyl (C=O) groups is 1. The number of sulfonamides is 1. The zero-order chi connectivity index (χ0) is 17.3. The summed E-state index contributed by atoms with van der Waals surface area (Å²) >= 11 is 0. The van der Waals surface area contributed by atoms with Gasteiger partial charge in [0.25, 0.3) is 0 Å². The van der Waals surface area contributed by atoms with E-state index in [1.54, 1.807) is 29.2 Å². The fourth-order valence-electron chi connectivity index (χ4n) is 2.20. The summed E-state index contributed by atoms with van der Waals surface area (Å²) in [7, 11) is -3.50. The van der Waals surface area contributed by atoms with Crippen LogP contribution in [-0.2, 0) is 14.8 Å². The van der Waals surface area contributed by atoms with Gasteiger partial charge >= 0.3 is 6.09 Å². The molecule has 0 aliphatic carbocycles. The van der Waals surface area contributed by atoms with Crippen molar-refractivity contribution >= 4 is 16.1 Å². The van der Waals surface area contributed by atoms with Gasteiger partial charge in [-0.25, -0.2) is 17.9 Å². The number of nitrogens with zero attached hydrogens (tertiary/aromatic N) is 1. The molecule has 0 spiro atoms. The summed E-state index contributed by atoms with van der Waals surface area (Å²) in [6.45, 7) is 8.68. The number of carbonyl (C=O) groups excluding carboxylic acids is 1. The highest BCUT2D eigenvalue weighted by molar-refractivity contribution is 7.89. The third-order valence-electron chi connectivity index (χ3n) is 3.50. The average Bonchev–Trinajstić information content (AvgIpc) is 2.35. The lowest BCUT2D eigenvalue weighted by atomic mass is 10.0. The molecule has 0 unspecified atom stereocenters. The van der Waals surface area contributed by atoms with Crippen LogP contribution in [0.15, 0.2) is 29.2 Å². The van der Waals surface area contributed by atoms with Crippen molar-refractivity contribution in [3.63, 3.8) is 0 Å². The first-order valence-corrected chi connectivity index (χ1v) is 9.09. The highest BCUT2D eigenvalue weighted by atomic mass is 32.2. The molecule has 1 aliphatic rings. The molecule has 7 heteroatoms. The van der Waals surface area contributed by atoms with E-state index >= 15 is 0 Å². The molecular weight excluding hydrogens is 316 g/mol. The highest BCUT2D eigenvalue weighted by Gasteiger charge is 2.34. The van der Waals surface area contributed by atoms with E-state index in [1.165, 1.54) is 0 Å². The van der Waals surface area contributed by atoms with E-state index in [9.17, 15) is 13.2 Å². The van der Waals surface area contributed by atoms with Gasteiger partial charge in [0.2, 0.25) is 10.0 Å². The van der Waals surface area contributed by atoms with Crippen molar-refractivity contribution < 1.29 is 17.9 Å². The van der Waals surface area contributed by atoms with Crippen molar-refractivity contribution in [1.29, 1.82) is 0 Å². The van der Waals surface area contributed by atoms with E-state index in [1.807, 2.05) is 27.7 Å². The van der Waals surface area contributed by atoms with Gasteiger partial charge in [-0.3, -0.25) is 0 Å². The van der Waals surface area contributed by atoms with Crippen LogP contribution in [0.25, 0.3) is 0 Å². The lowest BCUT2D eigenvalue weighted by molar-refractivity contribution is -0.0000764. The molecule has 0 atom stereocenters. The van der Waals surface area contributed by atoms with Gasteiger partial charge < -0.3 is 9.64 Å². The van der Waals surface area contributed by atoms with Crippen molar-refractivity contribution in [2.75, 3.05) is 19.6 Å². The molecule has 1 amide bonds. The molecular formula is C16H24N2O4S. The Labute approximate surface area is 137 Å². The number of benzene rings is 1. The third kappa shape index (κ3) is 4.94. The van der Waals surface area contributed by atoms with Crippen LogP contribution in [0.5, 0.6) is 0 Å². The summed E-state index contributed by atoms with van der Waals surface area (Å²) in [5, 5.41) is 0. The Morgan fingerprint density at radius 3 is 2.35 bits per heavy atom. The molecule has 1 N–H and O–H groups in total. The van der Waals surface area contributed by atoms with Crippen molar-refractivity contribution in [3.05, 3.63) is 29.8 Å². The number of rotatable bonds is 4. The molecule has 128 valence electrons. The van der Waals surface area contributed by atoms with Crippen LogP contribution in [0, 0.1) is 12.8 Å². The average molecular weight is 340 g/mol. The maximum atomic E-state index is 12.2. The minimum absolute atomic E-state index is 0.114. The molecule has 1 aromatic carbocycles. The predicted octanol–water partition coefficient (Wildman–Crippen LogP) is 2.14. The Balaban J connectivity index is 1.80. The van der Waals surface area contributed by atoms with Gasteiger partial charge in [0.15, 0.2) is 0 Å². The zero-order valence-electron chi connectivity index (χ0n) is 14.0. The van der Waals surface area contributed by atoms with E-state index in [0.717, 1.165) is 5.56 Å². The number of amides is 1. The summed E-state index contributed by atoms with van der Waals surface area (Å²) in [5.41, 5.74) is 0.491. The maximum Gasteiger partial charge on any atom is 0.410 e. The van der Waals surface area contributed by atoms with Gasteiger partial charge in [0, 0.05) is 25.6 Å². The Bertz CT molecular complexity index is 656. The number of ether oxygens (including phenoxy) is 1. The van der Waals surface area contributed by atoms with Crippen molar-refractivity contribution in [1.82, 2.24) is 9.62 Å². The Morgan fingerprint density at radius 1 is 1.26 bits per heavy atom. The van der Waals surface area contributed by atoms with Crippen LogP contribution in [0.4, 0.5) is 4.79 Å². The molecule has 0 aromatic heterocycles. The van der Waals surface area contributed by atoms with Crippen LogP contribution < -0.4 is 4.72 Å². The van der Waals surface area contributed by atoms with Crippen molar-refractivity contribution in [2.24, 2.45) is 5.92 Å². The Kier molecular flexibility index (Phi) is 5.01. The Morgan fingerprint density at radius 2 is 1.83 bits per heavy atom. The monoisotopic (exact) mass is 340 g/mol. The second-order valence-corrected chi connectivity index (χ2v) is 8.68. The smallest absolute Gasteiger partial charge is 0.410 e. The lowest BCUT2D eigenvalue weighted by Gasteiger charge is -2.39. The quantitative estimate of drug-likeness (QED) is 0.911. The topological polar surface area (TPSA) is 75.7 Å². The van der Waals surface area contributed by atoms with Gasteiger partial charge in [-0.05, 0) is 39.8 Å². The first kappa shape index (κ1) is 17.7. The molecule has 23 heavy (non-hydrogen) atoms. The van der Waals surface area contributed by atoms with Gasteiger partial charge in [-0.2, -0.15) is 0 Å². The molecule has 1 aliphatic heterocycles. The van der Waals surface area contributed by atoms with Crippen molar-refractivity contribution in [3.8, 4) is 0 Å². The number of hydrogen-bond acceptors (Lipinski definition) is 4. The number of hydrogen-bond donors (Lipinski definition) is 1. The Hall–Kier alpha value is -1.60. The number of likely N-dealkylation sites (tertiary alicyclic amines) is 1. The molecule has 0 saturated carbocycles. The highest BCUT2D eigenvalue weighted by Crippen LogP contribution is 2.19. The molecule has 1 aromatic rings. The predicted molar refractivity (Wildman–Crippen MR) is 87.7 cm³/mol. The normalized spacial score (nSPS) is 16.1. The number of aryl methyl sites for hydroxylation is 1. The summed E-state index contributed by atoms with van der Waals surface area (Å²) in [4.78, 5) is 13.6. The fraction of sp³-hybridized carbons (Fsp3) is 0.562. The SMILES string of the molecule is Cc1ccc(S(=O)(=O)NCC2CN(C(=O)OC(C)(C)C)C2)cc1. The third-order valence-corrected chi connectivity index (χ3v) is 4.94. The van der Waals surface area contributed by atoms with Gasteiger partial charge in [0.05, 0.1) is 4.90 Å².